The molecule has 0 aromatic heterocycles. The maximum absolute atomic E-state index is 8.54. The molecule has 0 aliphatic carbocycles. The zero-order valence-electron chi connectivity index (χ0n) is 5.32. The Hall–Kier alpha value is 1.16. The van der Waals surface area contributed by atoms with Gasteiger partial charge in [0.05, 0.1) is 0 Å². The van der Waals surface area contributed by atoms with Crippen molar-refractivity contribution in [1.82, 2.24) is 0 Å². The van der Waals surface area contributed by atoms with Crippen LogP contribution in [0.15, 0.2) is 7.16 Å². The van der Waals surface area contributed by atoms with Crippen molar-refractivity contribution in [2.24, 2.45) is 0 Å². The van der Waals surface area contributed by atoms with Gasteiger partial charge >= 0.3 is 0 Å². The Morgan fingerprint density at radius 1 is 1.33 bits per heavy atom. The normalized spacial score (nSPS) is 13.3. The average Bonchev–Trinajstić information content (AvgIpc) is 1.87. The molecule has 0 atom stereocenters. The minimum atomic E-state index is 0.269. The van der Waals surface area contributed by atoms with E-state index in [0.717, 1.165) is 12.8 Å². The quantitative estimate of drug-likeness (QED) is 0.775. The highest BCUT2D eigenvalue weighted by Gasteiger charge is 1.95. The summed E-state index contributed by atoms with van der Waals surface area (Å²) in [6.45, 7) is 2.39. The molecule has 0 radical (unpaired) electrons. The number of halogens is 2. The summed E-state index contributed by atoms with van der Waals surface area (Å²) in [6, 6.07) is 0. The molecule has 0 aromatic carbocycles. The molecule has 0 bridgehead atoms. The molecule has 9 heavy (non-hydrogen) atoms. The molecule has 1 nitrogen and oxygen atoms in total. The van der Waals surface area contributed by atoms with Gasteiger partial charge < -0.3 is 5.11 Å². The van der Waals surface area contributed by atoms with Gasteiger partial charge in [0.25, 0.3) is 0 Å². The summed E-state index contributed by atoms with van der Waals surface area (Å²) >= 11 is 4.60. The van der Waals surface area contributed by atoms with Gasteiger partial charge in [-0.2, -0.15) is 0 Å². The highest BCUT2D eigenvalue weighted by molar-refractivity contribution is 14.1. The van der Waals surface area contributed by atoms with E-state index >= 15 is 0 Å². The lowest BCUT2D eigenvalue weighted by Gasteiger charge is -1.97. The molecule has 0 spiro atoms. The van der Waals surface area contributed by atoms with Gasteiger partial charge in [0.15, 0.2) is 0 Å². The van der Waals surface area contributed by atoms with Crippen LogP contribution in [0.4, 0.5) is 0 Å². The number of rotatable bonds is 3. The molecule has 0 aliphatic rings. The number of aliphatic hydroxyl groups excluding tert-OH is 1. The molecule has 0 unspecified atom stereocenters. The largest absolute Gasteiger partial charge is 0.396 e. The highest BCUT2D eigenvalue weighted by atomic mass is 127. The molecule has 0 saturated carbocycles. The zero-order valence-corrected chi connectivity index (χ0v) is 9.64. The first-order valence-corrected chi connectivity index (χ1v) is 5.02. The van der Waals surface area contributed by atoms with Crippen LogP contribution in [0.1, 0.15) is 19.8 Å². The number of hydrogen-bond acceptors (Lipinski definition) is 1. The summed E-state index contributed by atoms with van der Waals surface area (Å²) in [5, 5.41) is 8.54. The topological polar surface area (TPSA) is 20.2 Å². The monoisotopic (exact) mass is 352 g/mol. The molecule has 0 heterocycles. The summed E-state index contributed by atoms with van der Waals surface area (Å²) in [5.41, 5.74) is 0. The number of allylic oxidation sites excluding steroid dienone is 1. The first-order valence-electron chi connectivity index (χ1n) is 2.86. The maximum atomic E-state index is 8.54. The second-order valence-corrected chi connectivity index (χ2v) is 4.24. The maximum Gasteiger partial charge on any atom is 0.0476 e. The van der Waals surface area contributed by atoms with Gasteiger partial charge in [-0.15, -0.1) is 0 Å². The summed E-state index contributed by atoms with van der Waals surface area (Å²) < 4.78 is 2.65. The predicted octanol–water partition coefficient (Wildman–Crippen LogP) is 2.86. The molecule has 3 heteroatoms. The fraction of sp³-hybridized carbons (Fsp3) is 0.667. The lowest BCUT2D eigenvalue weighted by Crippen LogP contribution is -1.82. The summed E-state index contributed by atoms with van der Waals surface area (Å²) in [5.74, 6) is 0. The second kappa shape index (κ2) is 5.91. The van der Waals surface area contributed by atoms with Crippen LogP contribution in [0.3, 0.4) is 0 Å². The summed E-state index contributed by atoms with van der Waals surface area (Å²) in [6.07, 6.45) is 1.89. The van der Waals surface area contributed by atoms with Crippen molar-refractivity contribution in [2.75, 3.05) is 6.61 Å². The SMILES string of the molecule is CC/C(I)=C(\I)CCO. The molecule has 1 N–H and O–H groups in total. The van der Waals surface area contributed by atoms with Gasteiger partial charge in [-0.3, -0.25) is 0 Å². The van der Waals surface area contributed by atoms with Crippen molar-refractivity contribution in [3.8, 4) is 0 Å². The molecule has 0 fully saturated rings. The fourth-order valence-electron chi connectivity index (χ4n) is 0.426. The molecule has 0 aliphatic heterocycles. The predicted molar refractivity (Wildman–Crippen MR) is 57.1 cm³/mol. The van der Waals surface area contributed by atoms with Crippen LogP contribution < -0.4 is 0 Å². The second-order valence-electron chi connectivity index (χ2n) is 1.64. The van der Waals surface area contributed by atoms with Gasteiger partial charge in [0, 0.05) is 16.6 Å². The average molecular weight is 352 g/mol. The minimum absolute atomic E-state index is 0.269. The van der Waals surface area contributed by atoms with Crippen LogP contribution in [-0.2, 0) is 0 Å². The van der Waals surface area contributed by atoms with Crippen LogP contribution in [-0.4, -0.2) is 11.7 Å². The van der Waals surface area contributed by atoms with E-state index in [0.29, 0.717) is 0 Å². The van der Waals surface area contributed by atoms with Crippen LogP contribution in [0, 0.1) is 0 Å². The Balaban J connectivity index is 3.78. The van der Waals surface area contributed by atoms with Crippen LogP contribution in [0.25, 0.3) is 0 Å². The van der Waals surface area contributed by atoms with Crippen molar-refractivity contribution in [3.05, 3.63) is 7.16 Å². The lowest BCUT2D eigenvalue weighted by molar-refractivity contribution is 0.302. The zero-order chi connectivity index (χ0) is 7.28. The van der Waals surface area contributed by atoms with Crippen molar-refractivity contribution in [2.45, 2.75) is 19.8 Å². The van der Waals surface area contributed by atoms with E-state index < -0.39 is 0 Å². The van der Waals surface area contributed by atoms with Gasteiger partial charge in [0.2, 0.25) is 0 Å². The van der Waals surface area contributed by atoms with Gasteiger partial charge in [-0.05, 0) is 55.2 Å². The van der Waals surface area contributed by atoms with Crippen LogP contribution >= 0.6 is 45.2 Å². The first-order chi connectivity index (χ1) is 4.22. The van der Waals surface area contributed by atoms with Crippen LogP contribution in [0.2, 0.25) is 0 Å². The van der Waals surface area contributed by atoms with E-state index in [4.69, 9.17) is 5.11 Å². The van der Waals surface area contributed by atoms with E-state index in [-0.39, 0.29) is 6.61 Å². The molecule has 0 aromatic rings. The molecular weight excluding hydrogens is 342 g/mol. The van der Waals surface area contributed by atoms with E-state index in [2.05, 4.69) is 52.1 Å². The smallest absolute Gasteiger partial charge is 0.0476 e. The Morgan fingerprint density at radius 3 is 2.22 bits per heavy atom. The Labute approximate surface area is 83.2 Å². The van der Waals surface area contributed by atoms with Crippen molar-refractivity contribution >= 4 is 45.2 Å². The highest BCUT2D eigenvalue weighted by Crippen LogP contribution is 2.23. The van der Waals surface area contributed by atoms with E-state index in [1.807, 2.05) is 0 Å². The van der Waals surface area contributed by atoms with Crippen molar-refractivity contribution in [1.29, 1.82) is 0 Å². The van der Waals surface area contributed by atoms with Crippen molar-refractivity contribution in [3.63, 3.8) is 0 Å². The van der Waals surface area contributed by atoms with Gasteiger partial charge in [-0.1, -0.05) is 6.92 Å². The van der Waals surface area contributed by atoms with Gasteiger partial charge in [-0.25, -0.2) is 0 Å². The standard InChI is InChI=1S/C6H10I2O/c1-2-5(7)6(8)3-4-9/h9H,2-4H2,1H3/b6-5+. The summed E-state index contributed by atoms with van der Waals surface area (Å²) in [7, 11) is 0. The molecule has 0 rings (SSSR count). The van der Waals surface area contributed by atoms with Gasteiger partial charge in [0.1, 0.15) is 0 Å². The number of hydrogen-bond donors (Lipinski definition) is 1. The Morgan fingerprint density at radius 2 is 1.89 bits per heavy atom. The third kappa shape index (κ3) is 4.55. The minimum Gasteiger partial charge on any atom is -0.396 e. The fourth-order valence-corrected chi connectivity index (χ4v) is 1.32. The Kier molecular flexibility index (Phi) is 6.67. The lowest BCUT2D eigenvalue weighted by atomic mass is 10.3. The third-order valence-corrected chi connectivity index (χ3v) is 4.57. The molecular formula is C6H10I2O. The molecule has 0 saturated heterocycles. The Bertz CT molecular complexity index is 110. The van der Waals surface area contributed by atoms with Crippen LogP contribution in [0.5, 0.6) is 0 Å². The van der Waals surface area contributed by atoms with Crippen molar-refractivity contribution < 1.29 is 5.11 Å². The first kappa shape index (κ1) is 10.2. The molecule has 54 valence electrons. The third-order valence-electron chi connectivity index (χ3n) is 0.936. The van der Waals surface area contributed by atoms with E-state index in [9.17, 15) is 0 Å². The van der Waals surface area contributed by atoms with E-state index in [1.165, 1.54) is 7.16 Å². The molecule has 0 amide bonds. The van der Waals surface area contributed by atoms with E-state index in [1.54, 1.807) is 0 Å². The summed E-state index contributed by atoms with van der Waals surface area (Å²) in [4.78, 5) is 0. The number of aliphatic hydroxyl groups is 1.